The molecule has 1 aliphatic rings. The van der Waals surface area contributed by atoms with Crippen LogP contribution in [0, 0.1) is 6.92 Å². The van der Waals surface area contributed by atoms with Crippen molar-refractivity contribution in [3.63, 3.8) is 0 Å². The van der Waals surface area contributed by atoms with Gasteiger partial charge in [0.1, 0.15) is 24.0 Å². The molecule has 0 bridgehead atoms. The minimum atomic E-state index is -1.06. The Morgan fingerprint density at radius 2 is 2.23 bits per heavy atom. The summed E-state index contributed by atoms with van der Waals surface area (Å²) < 4.78 is 15.9. The maximum absolute atomic E-state index is 11.2. The first kappa shape index (κ1) is 14.3. The highest BCUT2D eigenvalue weighted by Crippen LogP contribution is 2.23. The third-order valence-electron chi connectivity index (χ3n) is 3.26. The minimum Gasteiger partial charge on any atom is -0.490 e. The summed E-state index contributed by atoms with van der Waals surface area (Å²) in [4.78, 5) is 11.2. The molecule has 22 heavy (non-hydrogen) atoms. The Kier molecular flexibility index (Phi) is 3.93. The third-order valence-corrected chi connectivity index (χ3v) is 3.26. The maximum Gasteiger partial charge on any atom is 0.341 e. The predicted molar refractivity (Wildman–Crippen MR) is 78.8 cm³/mol. The number of epoxide rings is 1. The number of carboxylic acids is 1. The van der Waals surface area contributed by atoms with Crippen molar-refractivity contribution in [2.24, 2.45) is 0 Å². The molecule has 1 aromatic heterocycles. The highest BCUT2D eigenvalue weighted by Gasteiger charge is 2.23. The molecule has 1 aromatic carbocycles. The number of carbonyl (C=O) groups is 1. The van der Waals surface area contributed by atoms with Crippen molar-refractivity contribution in [2.75, 3.05) is 13.2 Å². The Morgan fingerprint density at radius 3 is 2.95 bits per heavy atom. The molecule has 2 aromatic rings. The van der Waals surface area contributed by atoms with Gasteiger partial charge in [0.15, 0.2) is 5.76 Å². The van der Waals surface area contributed by atoms with Crippen LogP contribution in [0.5, 0.6) is 5.75 Å². The van der Waals surface area contributed by atoms with Gasteiger partial charge in [0.05, 0.1) is 12.3 Å². The number of aromatic nitrogens is 1. The van der Waals surface area contributed by atoms with Gasteiger partial charge in [-0.05, 0) is 25.1 Å². The number of aromatic carboxylic acids is 1. The van der Waals surface area contributed by atoms with Crippen molar-refractivity contribution < 1.29 is 23.9 Å². The van der Waals surface area contributed by atoms with Crippen LogP contribution in [0.2, 0.25) is 0 Å². The molecular formula is C16H15NO5. The smallest absolute Gasteiger partial charge is 0.341 e. The molecule has 1 fully saturated rings. The van der Waals surface area contributed by atoms with Crippen LogP contribution < -0.4 is 4.74 Å². The summed E-state index contributed by atoms with van der Waals surface area (Å²) in [5, 5.41) is 12.9. The summed E-state index contributed by atoms with van der Waals surface area (Å²) in [6.45, 7) is 2.83. The van der Waals surface area contributed by atoms with Crippen LogP contribution in [0.1, 0.15) is 27.4 Å². The molecule has 1 atom stereocenters. The van der Waals surface area contributed by atoms with Gasteiger partial charge in [-0.1, -0.05) is 23.4 Å². The Labute approximate surface area is 126 Å². The van der Waals surface area contributed by atoms with Crippen molar-refractivity contribution in [1.29, 1.82) is 0 Å². The van der Waals surface area contributed by atoms with Crippen LogP contribution in [-0.2, 0) is 4.74 Å². The standard InChI is InChI=1S/C16H15NO5/c1-10-15(16(18)19)14(22-17-10)7-6-11-4-2-3-5-13(11)21-9-12-8-20-12/h2-7,12H,8-9H2,1H3,(H,18,19). The van der Waals surface area contributed by atoms with E-state index < -0.39 is 5.97 Å². The molecule has 0 amide bonds. The zero-order chi connectivity index (χ0) is 15.5. The van der Waals surface area contributed by atoms with Gasteiger partial charge in [-0.2, -0.15) is 0 Å². The van der Waals surface area contributed by atoms with Crippen LogP contribution in [0.15, 0.2) is 28.8 Å². The van der Waals surface area contributed by atoms with Crippen molar-refractivity contribution >= 4 is 18.1 Å². The monoisotopic (exact) mass is 301 g/mol. The molecule has 1 aliphatic heterocycles. The van der Waals surface area contributed by atoms with Gasteiger partial charge < -0.3 is 19.1 Å². The second-order valence-corrected chi connectivity index (χ2v) is 4.95. The van der Waals surface area contributed by atoms with Crippen LogP contribution >= 0.6 is 0 Å². The molecular weight excluding hydrogens is 286 g/mol. The highest BCUT2D eigenvalue weighted by molar-refractivity contribution is 5.93. The van der Waals surface area contributed by atoms with E-state index in [0.717, 1.165) is 12.2 Å². The third kappa shape index (κ3) is 3.17. The Morgan fingerprint density at radius 1 is 1.45 bits per heavy atom. The number of aryl methyl sites for hydroxylation is 1. The van der Waals surface area contributed by atoms with Crippen molar-refractivity contribution in [1.82, 2.24) is 5.16 Å². The average molecular weight is 301 g/mol. The van der Waals surface area contributed by atoms with E-state index in [9.17, 15) is 4.79 Å². The molecule has 6 nitrogen and oxygen atoms in total. The second-order valence-electron chi connectivity index (χ2n) is 4.95. The molecule has 1 N–H and O–H groups in total. The average Bonchev–Trinajstić information content (AvgIpc) is 3.25. The van der Waals surface area contributed by atoms with E-state index in [1.165, 1.54) is 0 Å². The van der Waals surface area contributed by atoms with Crippen molar-refractivity contribution in [2.45, 2.75) is 13.0 Å². The SMILES string of the molecule is Cc1noc(C=Cc2ccccc2OCC2CO2)c1C(=O)O. The summed E-state index contributed by atoms with van der Waals surface area (Å²) >= 11 is 0. The molecule has 3 rings (SSSR count). The number of rotatable bonds is 6. The van der Waals surface area contributed by atoms with E-state index in [-0.39, 0.29) is 17.4 Å². The number of nitrogens with zero attached hydrogens (tertiary/aromatic N) is 1. The van der Waals surface area contributed by atoms with Crippen molar-refractivity contribution in [3.8, 4) is 5.75 Å². The lowest BCUT2D eigenvalue weighted by Crippen LogP contribution is -2.04. The molecule has 0 aliphatic carbocycles. The predicted octanol–water partition coefficient (Wildman–Crippen LogP) is 2.63. The molecule has 2 heterocycles. The summed E-state index contributed by atoms with van der Waals surface area (Å²) in [6, 6.07) is 7.49. The van der Waals surface area contributed by atoms with Gasteiger partial charge >= 0.3 is 5.97 Å². The Balaban J connectivity index is 1.81. The fraction of sp³-hybridized carbons (Fsp3) is 0.250. The zero-order valence-corrected chi connectivity index (χ0v) is 12.0. The second kappa shape index (κ2) is 6.03. The minimum absolute atomic E-state index is 0.0704. The van der Waals surface area contributed by atoms with E-state index in [1.807, 2.05) is 24.3 Å². The first-order chi connectivity index (χ1) is 10.6. The zero-order valence-electron chi connectivity index (χ0n) is 12.0. The van der Waals surface area contributed by atoms with Gasteiger partial charge in [-0.3, -0.25) is 0 Å². The molecule has 0 spiro atoms. The van der Waals surface area contributed by atoms with Gasteiger partial charge in [0.25, 0.3) is 0 Å². The first-order valence-corrected chi connectivity index (χ1v) is 6.86. The summed E-state index contributed by atoms with van der Waals surface area (Å²) in [5.74, 6) is -0.137. The number of carboxylic acid groups (broad SMARTS) is 1. The van der Waals surface area contributed by atoms with Gasteiger partial charge in [-0.25, -0.2) is 4.79 Å². The van der Waals surface area contributed by atoms with Crippen LogP contribution in [0.4, 0.5) is 0 Å². The lowest BCUT2D eigenvalue weighted by molar-refractivity contribution is 0.0695. The number of hydrogen-bond acceptors (Lipinski definition) is 5. The summed E-state index contributed by atoms with van der Waals surface area (Å²) in [6.07, 6.45) is 3.50. The highest BCUT2D eigenvalue weighted by atomic mass is 16.6. The molecule has 1 saturated heterocycles. The van der Waals surface area contributed by atoms with E-state index in [4.69, 9.17) is 19.1 Å². The fourth-order valence-corrected chi connectivity index (χ4v) is 2.02. The van der Waals surface area contributed by atoms with Crippen molar-refractivity contribution in [3.05, 3.63) is 46.8 Å². The summed E-state index contributed by atoms with van der Waals surface area (Å²) in [7, 11) is 0. The lowest BCUT2D eigenvalue weighted by atomic mass is 10.1. The fourth-order valence-electron chi connectivity index (χ4n) is 2.02. The Hall–Kier alpha value is -2.60. The number of para-hydroxylation sites is 1. The quantitative estimate of drug-likeness (QED) is 0.826. The lowest BCUT2D eigenvalue weighted by Gasteiger charge is -2.07. The van der Waals surface area contributed by atoms with Crippen LogP contribution in [0.3, 0.4) is 0 Å². The normalized spacial score (nSPS) is 16.9. The van der Waals surface area contributed by atoms with E-state index >= 15 is 0 Å². The molecule has 0 radical (unpaired) electrons. The summed E-state index contributed by atoms with van der Waals surface area (Å²) in [5.41, 5.74) is 1.25. The molecule has 0 saturated carbocycles. The topological polar surface area (TPSA) is 85.1 Å². The van der Waals surface area contributed by atoms with Crippen LogP contribution in [-0.4, -0.2) is 35.6 Å². The van der Waals surface area contributed by atoms with Gasteiger partial charge in [-0.15, -0.1) is 0 Å². The van der Waals surface area contributed by atoms with Crippen LogP contribution in [0.25, 0.3) is 12.2 Å². The van der Waals surface area contributed by atoms with E-state index in [1.54, 1.807) is 19.1 Å². The number of benzene rings is 1. The number of hydrogen-bond donors (Lipinski definition) is 1. The molecule has 114 valence electrons. The molecule has 6 heteroatoms. The van der Waals surface area contributed by atoms with E-state index in [2.05, 4.69) is 5.16 Å². The van der Waals surface area contributed by atoms with Gasteiger partial charge in [0, 0.05) is 5.56 Å². The maximum atomic E-state index is 11.2. The first-order valence-electron chi connectivity index (χ1n) is 6.86. The molecule has 1 unspecified atom stereocenters. The Bertz CT molecular complexity index is 715. The van der Waals surface area contributed by atoms with E-state index in [0.29, 0.717) is 18.1 Å². The van der Waals surface area contributed by atoms with Gasteiger partial charge in [0.2, 0.25) is 0 Å². The number of ether oxygens (including phenoxy) is 2. The largest absolute Gasteiger partial charge is 0.490 e.